The second kappa shape index (κ2) is 5.53. The first-order valence-electron chi connectivity index (χ1n) is 8.41. The summed E-state index contributed by atoms with van der Waals surface area (Å²) in [4.78, 5) is 14.4. The van der Waals surface area contributed by atoms with Crippen LogP contribution in [0, 0.1) is 5.92 Å². The van der Waals surface area contributed by atoms with E-state index in [0.717, 1.165) is 30.3 Å². The molecule has 2 aliphatic rings. The van der Waals surface area contributed by atoms with Crippen LogP contribution < -0.4 is 5.32 Å². The number of hydrogen-bond donors (Lipinski definition) is 2. The Balaban J connectivity index is 1.58. The number of aliphatic hydroxyl groups excluding tert-OH is 1. The Kier molecular flexibility index (Phi) is 3.49. The van der Waals surface area contributed by atoms with Crippen LogP contribution in [0.3, 0.4) is 0 Å². The van der Waals surface area contributed by atoms with E-state index in [4.69, 9.17) is 0 Å². The van der Waals surface area contributed by atoms with Gasteiger partial charge in [0.15, 0.2) is 0 Å². The van der Waals surface area contributed by atoms with E-state index in [9.17, 15) is 9.90 Å². The molecule has 0 saturated carbocycles. The number of aryl methyl sites for hydroxylation is 2. The lowest BCUT2D eigenvalue weighted by Crippen LogP contribution is -2.34. The molecule has 0 bridgehead atoms. The van der Waals surface area contributed by atoms with E-state index in [0.29, 0.717) is 13.1 Å². The molecule has 1 saturated heterocycles. The third kappa shape index (κ3) is 2.47. The SMILES string of the molecule is CC(O)C1CCN(C(=O)Nc2ccc3c4c(cccc24)CC3)C1. The molecule has 2 aromatic carbocycles. The lowest BCUT2D eigenvalue weighted by molar-refractivity contribution is 0.130. The van der Waals surface area contributed by atoms with Crippen molar-refractivity contribution in [2.24, 2.45) is 5.92 Å². The number of nitrogens with zero attached hydrogens (tertiary/aromatic N) is 1. The standard InChI is InChI=1S/C19H22N2O2/c1-12(22)15-9-10-21(11-15)19(23)20-17-8-7-14-6-5-13-3-2-4-16(17)18(13)14/h2-4,7-8,12,15,22H,5-6,9-11H2,1H3,(H,20,23). The summed E-state index contributed by atoms with van der Waals surface area (Å²) in [5, 5.41) is 15.2. The van der Waals surface area contributed by atoms with E-state index >= 15 is 0 Å². The number of amides is 2. The first-order chi connectivity index (χ1) is 11.1. The van der Waals surface area contributed by atoms with Crippen LogP contribution in [0.5, 0.6) is 0 Å². The van der Waals surface area contributed by atoms with Crippen LogP contribution in [-0.4, -0.2) is 35.2 Å². The minimum absolute atomic E-state index is 0.0631. The fraction of sp³-hybridized carbons (Fsp3) is 0.421. The van der Waals surface area contributed by atoms with Crippen LogP contribution in [0.15, 0.2) is 30.3 Å². The highest BCUT2D eigenvalue weighted by atomic mass is 16.3. The summed E-state index contributed by atoms with van der Waals surface area (Å²) >= 11 is 0. The second-order valence-electron chi connectivity index (χ2n) is 6.78. The number of carbonyl (C=O) groups is 1. The topological polar surface area (TPSA) is 52.6 Å². The van der Waals surface area contributed by atoms with Crippen LogP contribution >= 0.6 is 0 Å². The molecule has 1 aliphatic heterocycles. The lowest BCUT2D eigenvalue weighted by atomic mass is 10.0. The predicted molar refractivity (Wildman–Crippen MR) is 91.7 cm³/mol. The van der Waals surface area contributed by atoms with Gasteiger partial charge in [-0.2, -0.15) is 0 Å². The van der Waals surface area contributed by atoms with Gasteiger partial charge < -0.3 is 15.3 Å². The van der Waals surface area contributed by atoms with Crippen molar-refractivity contribution >= 4 is 22.5 Å². The van der Waals surface area contributed by atoms with Crippen molar-refractivity contribution in [3.05, 3.63) is 41.5 Å². The third-order valence-corrected chi connectivity index (χ3v) is 5.31. The molecule has 1 aliphatic carbocycles. The number of aliphatic hydroxyl groups is 1. The fourth-order valence-electron chi connectivity index (χ4n) is 3.92. The van der Waals surface area contributed by atoms with Crippen LogP contribution in [-0.2, 0) is 12.8 Å². The van der Waals surface area contributed by atoms with Gasteiger partial charge in [-0.25, -0.2) is 4.79 Å². The molecule has 0 aromatic heterocycles. The quantitative estimate of drug-likeness (QED) is 0.895. The van der Waals surface area contributed by atoms with E-state index < -0.39 is 0 Å². The predicted octanol–water partition coefficient (Wildman–Crippen LogP) is 3.17. The number of nitrogens with one attached hydrogen (secondary N) is 1. The number of anilines is 1. The summed E-state index contributed by atoms with van der Waals surface area (Å²) < 4.78 is 0. The number of carbonyl (C=O) groups excluding carboxylic acids is 1. The molecule has 1 fully saturated rings. The monoisotopic (exact) mass is 310 g/mol. The van der Waals surface area contributed by atoms with Crippen molar-refractivity contribution in [3.8, 4) is 0 Å². The molecule has 120 valence electrons. The summed E-state index contributed by atoms with van der Waals surface area (Å²) in [6.07, 6.45) is 2.69. The second-order valence-corrected chi connectivity index (χ2v) is 6.78. The van der Waals surface area contributed by atoms with Crippen molar-refractivity contribution in [2.75, 3.05) is 18.4 Å². The molecule has 1 heterocycles. The highest BCUT2D eigenvalue weighted by Crippen LogP contribution is 2.35. The Labute approximate surface area is 136 Å². The Bertz CT molecular complexity index is 759. The zero-order valence-electron chi connectivity index (χ0n) is 13.4. The first kappa shape index (κ1) is 14.5. The van der Waals surface area contributed by atoms with Gasteiger partial charge in [-0.15, -0.1) is 0 Å². The Morgan fingerprint density at radius 3 is 2.78 bits per heavy atom. The summed E-state index contributed by atoms with van der Waals surface area (Å²) in [5.74, 6) is 0.188. The summed E-state index contributed by atoms with van der Waals surface area (Å²) in [6.45, 7) is 3.14. The minimum atomic E-state index is -0.357. The smallest absolute Gasteiger partial charge is 0.321 e. The fourth-order valence-corrected chi connectivity index (χ4v) is 3.92. The van der Waals surface area contributed by atoms with Crippen molar-refractivity contribution in [1.82, 2.24) is 4.90 Å². The average molecular weight is 310 g/mol. The largest absolute Gasteiger partial charge is 0.393 e. The minimum Gasteiger partial charge on any atom is -0.393 e. The zero-order valence-corrected chi connectivity index (χ0v) is 13.4. The van der Waals surface area contributed by atoms with Gasteiger partial charge in [0.05, 0.1) is 11.8 Å². The van der Waals surface area contributed by atoms with Gasteiger partial charge >= 0.3 is 6.03 Å². The highest BCUT2D eigenvalue weighted by Gasteiger charge is 2.29. The molecular formula is C19H22N2O2. The number of benzene rings is 2. The zero-order chi connectivity index (χ0) is 16.0. The number of likely N-dealkylation sites (tertiary alicyclic amines) is 1. The molecule has 2 amide bonds. The molecule has 4 nitrogen and oxygen atoms in total. The normalized spacial score (nSPS) is 21.0. The third-order valence-electron chi connectivity index (χ3n) is 5.31. The van der Waals surface area contributed by atoms with Gasteiger partial charge in [-0.3, -0.25) is 0 Å². The number of rotatable bonds is 2. The highest BCUT2D eigenvalue weighted by molar-refractivity contribution is 6.04. The Morgan fingerprint density at radius 2 is 2.04 bits per heavy atom. The number of hydrogen-bond acceptors (Lipinski definition) is 2. The van der Waals surface area contributed by atoms with Gasteiger partial charge in [-0.1, -0.05) is 24.3 Å². The summed E-state index contributed by atoms with van der Waals surface area (Å²) in [5.41, 5.74) is 3.64. The van der Waals surface area contributed by atoms with Crippen LogP contribution in [0.25, 0.3) is 10.8 Å². The van der Waals surface area contributed by atoms with Crippen molar-refractivity contribution < 1.29 is 9.90 Å². The summed E-state index contributed by atoms with van der Waals surface area (Å²) in [7, 11) is 0. The lowest BCUT2D eigenvalue weighted by Gasteiger charge is -2.19. The van der Waals surface area contributed by atoms with Crippen molar-refractivity contribution in [1.29, 1.82) is 0 Å². The molecule has 2 atom stereocenters. The molecule has 2 unspecified atom stereocenters. The van der Waals surface area contributed by atoms with E-state index in [1.165, 1.54) is 16.5 Å². The van der Waals surface area contributed by atoms with Gasteiger partial charge in [0, 0.05) is 24.4 Å². The van der Waals surface area contributed by atoms with Crippen LogP contribution in [0.1, 0.15) is 24.5 Å². The maximum Gasteiger partial charge on any atom is 0.321 e. The number of urea groups is 1. The molecule has 0 spiro atoms. The van der Waals surface area contributed by atoms with Gasteiger partial charge in [-0.05, 0) is 48.8 Å². The molecule has 23 heavy (non-hydrogen) atoms. The van der Waals surface area contributed by atoms with Gasteiger partial charge in [0.2, 0.25) is 0 Å². The van der Waals surface area contributed by atoms with E-state index in [-0.39, 0.29) is 18.1 Å². The average Bonchev–Trinajstić information content (AvgIpc) is 3.18. The molecule has 0 radical (unpaired) electrons. The maximum atomic E-state index is 12.5. The van der Waals surface area contributed by atoms with Gasteiger partial charge in [0.1, 0.15) is 0 Å². The molecular weight excluding hydrogens is 288 g/mol. The van der Waals surface area contributed by atoms with E-state index in [2.05, 4.69) is 29.6 Å². The van der Waals surface area contributed by atoms with Crippen molar-refractivity contribution in [2.45, 2.75) is 32.3 Å². The maximum absolute atomic E-state index is 12.5. The van der Waals surface area contributed by atoms with Crippen LogP contribution in [0.4, 0.5) is 10.5 Å². The molecule has 2 aromatic rings. The Hall–Kier alpha value is -2.07. The van der Waals surface area contributed by atoms with Crippen LogP contribution in [0.2, 0.25) is 0 Å². The molecule has 4 heteroatoms. The first-order valence-corrected chi connectivity index (χ1v) is 8.41. The van der Waals surface area contributed by atoms with E-state index in [1.807, 2.05) is 6.07 Å². The molecule has 4 rings (SSSR count). The van der Waals surface area contributed by atoms with Crippen molar-refractivity contribution in [3.63, 3.8) is 0 Å². The van der Waals surface area contributed by atoms with E-state index in [1.54, 1.807) is 11.8 Å². The summed E-state index contributed by atoms with van der Waals surface area (Å²) in [6, 6.07) is 10.4. The molecule has 2 N–H and O–H groups in total. The van der Waals surface area contributed by atoms with Gasteiger partial charge in [0.25, 0.3) is 0 Å². The Morgan fingerprint density at radius 1 is 1.26 bits per heavy atom.